The lowest BCUT2D eigenvalue weighted by Crippen LogP contribution is -2.55. The molecule has 2 saturated heterocycles. The van der Waals surface area contributed by atoms with E-state index in [0.717, 1.165) is 0 Å². The number of hydrogen-bond acceptors (Lipinski definition) is 4. The summed E-state index contributed by atoms with van der Waals surface area (Å²) in [6.07, 6.45) is 1.00. The van der Waals surface area contributed by atoms with Crippen molar-refractivity contribution in [3.63, 3.8) is 0 Å². The molecule has 0 aromatic heterocycles. The molecule has 0 N–H and O–H groups in total. The third kappa shape index (κ3) is 1.87. The smallest absolute Gasteiger partial charge is 0.411 e. The highest BCUT2D eigenvalue weighted by atomic mass is 16.6. The fourth-order valence-corrected chi connectivity index (χ4v) is 2.71. The summed E-state index contributed by atoms with van der Waals surface area (Å²) in [4.78, 5) is 25.3. The van der Waals surface area contributed by atoms with Gasteiger partial charge in [-0.25, -0.2) is 9.59 Å². The van der Waals surface area contributed by atoms with Crippen LogP contribution in [0.25, 0.3) is 0 Å². The predicted octanol–water partition coefficient (Wildman–Crippen LogP) is 1.56. The van der Waals surface area contributed by atoms with Crippen LogP contribution in [0.1, 0.15) is 33.6 Å². The molecule has 3 aliphatic rings. The average molecular weight is 241 g/mol. The van der Waals surface area contributed by atoms with E-state index in [1.807, 2.05) is 20.8 Å². The van der Waals surface area contributed by atoms with Gasteiger partial charge in [0.2, 0.25) is 0 Å². The Kier molecular flexibility index (Phi) is 2.60. The van der Waals surface area contributed by atoms with Crippen molar-refractivity contribution in [2.75, 3.05) is 13.7 Å². The van der Waals surface area contributed by atoms with Crippen LogP contribution in [-0.4, -0.2) is 41.8 Å². The zero-order chi connectivity index (χ0) is 12.8. The van der Waals surface area contributed by atoms with Gasteiger partial charge in [0.1, 0.15) is 11.1 Å². The van der Waals surface area contributed by atoms with Crippen LogP contribution < -0.4 is 0 Å². The Bertz CT molecular complexity index is 352. The molecule has 5 nitrogen and oxygen atoms in total. The number of ether oxygens (including phenoxy) is 2. The van der Waals surface area contributed by atoms with Gasteiger partial charge < -0.3 is 9.47 Å². The van der Waals surface area contributed by atoms with E-state index < -0.39 is 17.2 Å². The van der Waals surface area contributed by atoms with Crippen LogP contribution in [-0.2, 0) is 14.3 Å². The highest BCUT2D eigenvalue weighted by Crippen LogP contribution is 2.51. The summed E-state index contributed by atoms with van der Waals surface area (Å²) in [5.74, 6) is 0.0960. The van der Waals surface area contributed by atoms with E-state index in [4.69, 9.17) is 9.47 Å². The molecular weight excluding hydrogens is 222 g/mol. The van der Waals surface area contributed by atoms with E-state index >= 15 is 0 Å². The maximum atomic E-state index is 12.0. The predicted molar refractivity (Wildman–Crippen MR) is 60.4 cm³/mol. The molecule has 3 rings (SSSR count). The Balaban J connectivity index is 2.12. The molecule has 0 aromatic carbocycles. The monoisotopic (exact) mass is 241 g/mol. The number of carbonyl (C=O) groups excluding carboxylic acids is 2. The summed E-state index contributed by atoms with van der Waals surface area (Å²) in [5, 5.41) is 0. The molecule has 96 valence electrons. The van der Waals surface area contributed by atoms with Crippen molar-refractivity contribution in [2.24, 2.45) is 5.92 Å². The Hall–Kier alpha value is -1.26. The Morgan fingerprint density at radius 2 is 1.88 bits per heavy atom. The quantitative estimate of drug-likeness (QED) is 0.654. The fourth-order valence-electron chi connectivity index (χ4n) is 2.71. The molecule has 17 heavy (non-hydrogen) atoms. The Morgan fingerprint density at radius 3 is 2.35 bits per heavy atom. The van der Waals surface area contributed by atoms with Crippen LogP contribution in [0.3, 0.4) is 0 Å². The minimum absolute atomic E-state index is 0.322. The number of nitrogens with zero attached hydrogens (tertiary/aromatic N) is 1. The molecule has 0 spiro atoms. The molecule has 1 saturated carbocycles. The number of methoxy groups -OCH3 is 1. The van der Waals surface area contributed by atoms with E-state index in [9.17, 15) is 9.59 Å². The van der Waals surface area contributed by atoms with Crippen LogP contribution in [0.15, 0.2) is 0 Å². The van der Waals surface area contributed by atoms with Gasteiger partial charge in [0.05, 0.1) is 7.11 Å². The maximum absolute atomic E-state index is 12.0. The zero-order valence-electron chi connectivity index (χ0n) is 10.8. The Labute approximate surface area is 101 Å². The molecule has 2 heterocycles. The van der Waals surface area contributed by atoms with Crippen molar-refractivity contribution >= 4 is 12.1 Å². The SMILES string of the molecule is COC(=O)C12CC(CN1C(=O)OC(C)(C)C)C2. The molecule has 0 radical (unpaired) electrons. The van der Waals surface area contributed by atoms with Gasteiger partial charge >= 0.3 is 12.1 Å². The highest BCUT2D eigenvalue weighted by molar-refractivity contribution is 5.88. The number of carbonyl (C=O) groups is 2. The first-order chi connectivity index (χ1) is 7.78. The van der Waals surface area contributed by atoms with Gasteiger partial charge in [-0.15, -0.1) is 0 Å². The second kappa shape index (κ2) is 3.62. The van der Waals surface area contributed by atoms with Gasteiger partial charge in [-0.05, 0) is 39.5 Å². The van der Waals surface area contributed by atoms with Crippen molar-refractivity contribution in [3.05, 3.63) is 0 Å². The van der Waals surface area contributed by atoms with Crippen LogP contribution in [0, 0.1) is 5.92 Å². The summed E-state index contributed by atoms with van der Waals surface area (Å²) < 4.78 is 10.1. The molecule has 0 aromatic rings. The number of amides is 1. The molecule has 0 atom stereocenters. The van der Waals surface area contributed by atoms with Crippen molar-refractivity contribution in [3.8, 4) is 0 Å². The van der Waals surface area contributed by atoms with Crippen molar-refractivity contribution in [1.82, 2.24) is 4.90 Å². The van der Waals surface area contributed by atoms with Gasteiger partial charge in [0.15, 0.2) is 0 Å². The van der Waals surface area contributed by atoms with Gasteiger partial charge in [0, 0.05) is 6.54 Å². The number of rotatable bonds is 1. The fraction of sp³-hybridized carbons (Fsp3) is 0.833. The number of fused-ring (bicyclic) bond motifs is 1. The van der Waals surface area contributed by atoms with E-state index in [0.29, 0.717) is 25.3 Å². The molecule has 2 aliphatic heterocycles. The largest absolute Gasteiger partial charge is 0.467 e. The maximum Gasteiger partial charge on any atom is 0.411 e. The van der Waals surface area contributed by atoms with Crippen molar-refractivity contribution in [1.29, 1.82) is 0 Å². The molecule has 5 heteroatoms. The molecule has 3 fully saturated rings. The highest BCUT2D eigenvalue weighted by Gasteiger charge is 2.64. The van der Waals surface area contributed by atoms with Gasteiger partial charge in [-0.2, -0.15) is 0 Å². The molecule has 1 aliphatic carbocycles. The number of hydrogen-bond donors (Lipinski definition) is 0. The summed E-state index contributed by atoms with van der Waals surface area (Å²) in [7, 11) is 1.36. The second-order valence-electron chi connectivity index (χ2n) is 5.89. The summed E-state index contributed by atoms with van der Waals surface area (Å²) in [6.45, 7) is 6.05. The number of esters is 1. The van der Waals surface area contributed by atoms with Crippen LogP contribution >= 0.6 is 0 Å². The second-order valence-corrected chi connectivity index (χ2v) is 5.89. The third-order valence-corrected chi connectivity index (χ3v) is 3.39. The normalized spacial score (nSPS) is 30.8. The van der Waals surface area contributed by atoms with Gasteiger partial charge in [-0.1, -0.05) is 0 Å². The summed E-state index contributed by atoms with van der Waals surface area (Å²) in [5.41, 5.74) is -1.29. The topological polar surface area (TPSA) is 55.8 Å². The standard InChI is InChI=1S/C12H19NO4/c1-11(2,3)17-10(15)13-7-8-5-12(13,6-8)9(14)16-4/h8H,5-7H2,1-4H3. The van der Waals surface area contributed by atoms with E-state index in [1.165, 1.54) is 12.0 Å². The summed E-state index contributed by atoms with van der Waals surface area (Å²) in [6, 6.07) is 0. The van der Waals surface area contributed by atoms with Crippen molar-refractivity contribution in [2.45, 2.75) is 44.8 Å². The minimum Gasteiger partial charge on any atom is -0.467 e. The van der Waals surface area contributed by atoms with E-state index in [2.05, 4.69) is 0 Å². The molecular formula is C12H19NO4. The first-order valence-corrected chi connectivity index (χ1v) is 5.87. The third-order valence-electron chi connectivity index (χ3n) is 3.39. The van der Waals surface area contributed by atoms with Crippen LogP contribution in [0.5, 0.6) is 0 Å². The lowest BCUT2D eigenvalue weighted by atomic mass is 9.73. The van der Waals surface area contributed by atoms with E-state index in [-0.39, 0.29) is 5.97 Å². The molecule has 0 unspecified atom stereocenters. The molecule has 1 amide bonds. The first kappa shape index (κ1) is 12.2. The van der Waals surface area contributed by atoms with Crippen LogP contribution in [0.4, 0.5) is 4.79 Å². The minimum atomic E-state index is -0.748. The summed E-state index contributed by atoms with van der Waals surface area (Å²) >= 11 is 0. The molecule has 2 bridgehead atoms. The Morgan fingerprint density at radius 1 is 1.29 bits per heavy atom. The lowest BCUT2D eigenvalue weighted by Gasteiger charge is -2.39. The average Bonchev–Trinajstić information content (AvgIpc) is 2.67. The van der Waals surface area contributed by atoms with Crippen molar-refractivity contribution < 1.29 is 19.1 Å². The zero-order valence-corrected chi connectivity index (χ0v) is 10.8. The first-order valence-electron chi connectivity index (χ1n) is 5.87. The lowest BCUT2D eigenvalue weighted by molar-refractivity contribution is -0.156. The van der Waals surface area contributed by atoms with Gasteiger partial charge in [-0.3, -0.25) is 4.90 Å². The van der Waals surface area contributed by atoms with Gasteiger partial charge in [0.25, 0.3) is 0 Å². The van der Waals surface area contributed by atoms with Crippen LogP contribution in [0.2, 0.25) is 0 Å². The van der Waals surface area contributed by atoms with E-state index in [1.54, 1.807) is 0 Å².